The van der Waals surface area contributed by atoms with Crippen LogP contribution in [0.3, 0.4) is 0 Å². The molecule has 2 N–H and O–H groups in total. The van der Waals surface area contributed by atoms with E-state index in [1.165, 1.54) is 18.2 Å². The Morgan fingerprint density at radius 1 is 1.20 bits per heavy atom. The van der Waals surface area contributed by atoms with Crippen molar-refractivity contribution in [2.24, 2.45) is 5.73 Å². The van der Waals surface area contributed by atoms with Crippen LogP contribution in [0, 0.1) is 12.7 Å². The average molecular weight is 294 g/mol. The Kier molecular flexibility index (Phi) is 4.63. The van der Waals surface area contributed by atoms with E-state index in [0.29, 0.717) is 11.5 Å². The molecule has 0 spiro atoms. The predicted octanol–water partition coefficient (Wildman–Crippen LogP) is 4.47. The summed E-state index contributed by atoms with van der Waals surface area (Å²) in [6.45, 7) is 3.90. The number of rotatable bonds is 4. The van der Waals surface area contributed by atoms with Crippen LogP contribution >= 0.6 is 11.6 Å². The highest BCUT2D eigenvalue weighted by Gasteiger charge is 2.08. The SMILES string of the molecule is Cc1ccc(CC(C)N)cc1Oc1ccc(F)cc1Cl. The molecule has 106 valence electrons. The number of hydrogen-bond donors (Lipinski definition) is 1. The molecule has 0 aliphatic rings. The van der Waals surface area contributed by atoms with Crippen molar-refractivity contribution in [1.29, 1.82) is 0 Å². The van der Waals surface area contributed by atoms with E-state index in [-0.39, 0.29) is 16.9 Å². The summed E-state index contributed by atoms with van der Waals surface area (Å²) in [5.74, 6) is 0.760. The highest BCUT2D eigenvalue weighted by atomic mass is 35.5. The Hall–Kier alpha value is -1.58. The smallest absolute Gasteiger partial charge is 0.146 e. The molecule has 2 aromatic rings. The van der Waals surface area contributed by atoms with Crippen LogP contribution in [0.15, 0.2) is 36.4 Å². The molecule has 0 fully saturated rings. The molecule has 0 aliphatic heterocycles. The summed E-state index contributed by atoms with van der Waals surface area (Å²) in [5.41, 5.74) is 7.88. The molecule has 0 heterocycles. The Morgan fingerprint density at radius 2 is 1.95 bits per heavy atom. The van der Waals surface area contributed by atoms with E-state index < -0.39 is 0 Å². The number of nitrogens with two attached hydrogens (primary N) is 1. The minimum atomic E-state index is -0.384. The second-order valence-electron chi connectivity index (χ2n) is 4.96. The number of ether oxygens (including phenoxy) is 1. The molecule has 2 rings (SSSR count). The molecule has 0 saturated carbocycles. The van der Waals surface area contributed by atoms with Gasteiger partial charge in [0.25, 0.3) is 0 Å². The van der Waals surface area contributed by atoms with Gasteiger partial charge in [-0.1, -0.05) is 23.7 Å². The van der Waals surface area contributed by atoms with Crippen molar-refractivity contribution < 1.29 is 9.13 Å². The van der Waals surface area contributed by atoms with Crippen LogP contribution in [0.25, 0.3) is 0 Å². The average Bonchev–Trinajstić information content (AvgIpc) is 2.36. The van der Waals surface area contributed by atoms with Gasteiger partial charge in [-0.15, -0.1) is 0 Å². The first-order chi connectivity index (χ1) is 9.45. The summed E-state index contributed by atoms with van der Waals surface area (Å²) < 4.78 is 18.8. The number of hydrogen-bond acceptors (Lipinski definition) is 2. The van der Waals surface area contributed by atoms with Crippen LogP contribution in [0.5, 0.6) is 11.5 Å². The first-order valence-electron chi connectivity index (χ1n) is 6.43. The van der Waals surface area contributed by atoms with Crippen molar-refractivity contribution in [3.8, 4) is 11.5 Å². The molecule has 0 radical (unpaired) electrons. The van der Waals surface area contributed by atoms with Gasteiger partial charge >= 0.3 is 0 Å². The van der Waals surface area contributed by atoms with Gasteiger partial charge in [0.05, 0.1) is 5.02 Å². The maximum absolute atomic E-state index is 13.0. The number of benzene rings is 2. The molecule has 0 aromatic heterocycles. The molecule has 2 aromatic carbocycles. The minimum absolute atomic E-state index is 0.0833. The molecule has 4 heteroatoms. The van der Waals surface area contributed by atoms with E-state index in [9.17, 15) is 4.39 Å². The zero-order valence-corrected chi connectivity index (χ0v) is 12.2. The van der Waals surface area contributed by atoms with Gasteiger partial charge in [-0.3, -0.25) is 0 Å². The van der Waals surface area contributed by atoms with Crippen molar-refractivity contribution in [3.05, 3.63) is 58.4 Å². The Bertz CT molecular complexity index is 613. The maximum atomic E-state index is 13.0. The minimum Gasteiger partial charge on any atom is -0.456 e. The lowest BCUT2D eigenvalue weighted by molar-refractivity contribution is 0.476. The van der Waals surface area contributed by atoms with Gasteiger partial charge in [-0.2, -0.15) is 0 Å². The van der Waals surface area contributed by atoms with Crippen molar-refractivity contribution in [2.75, 3.05) is 0 Å². The molecule has 0 aliphatic carbocycles. The molecule has 0 amide bonds. The summed E-state index contributed by atoms with van der Waals surface area (Å²) in [5, 5.41) is 0.252. The third-order valence-electron chi connectivity index (χ3n) is 2.92. The van der Waals surface area contributed by atoms with Gasteiger partial charge in [0.15, 0.2) is 0 Å². The van der Waals surface area contributed by atoms with E-state index in [1.807, 2.05) is 32.0 Å². The molecule has 20 heavy (non-hydrogen) atoms. The van der Waals surface area contributed by atoms with Crippen LogP contribution in [-0.4, -0.2) is 6.04 Å². The molecule has 1 atom stereocenters. The highest BCUT2D eigenvalue weighted by Crippen LogP contribution is 2.32. The summed E-state index contributed by atoms with van der Waals surface area (Å²) in [7, 11) is 0. The summed E-state index contributed by atoms with van der Waals surface area (Å²) in [6.07, 6.45) is 0.772. The lowest BCUT2D eigenvalue weighted by Crippen LogP contribution is -2.17. The quantitative estimate of drug-likeness (QED) is 0.902. The lowest BCUT2D eigenvalue weighted by atomic mass is 10.1. The number of halogens is 2. The maximum Gasteiger partial charge on any atom is 0.146 e. The largest absolute Gasteiger partial charge is 0.456 e. The van der Waals surface area contributed by atoms with Gasteiger partial charge in [0, 0.05) is 6.04 Å². The van der Waals surface area contributed by atoms with Crippen LogP contribution < -0.4 is 10.5 Å². The van der Waals surface area contributed by atoms with Crippen LogP contribution in [0.2, 0.25) is 5.02 Å². The van der Waals surface area contributed by atoms with Crippen LogP contribution in [0.4, 0.5) is 4.39 Å². The summed E-state index contributed by atoms with van der Waals surface area (Å²) >= 11 is 5.97. The monoisotopic (exact) mass is 293 g/mol. The van der Waals surface area contributed by atoms with Gasteiger partial charge in [-0.05, 0) is 55.7 Å². The Morgan fingerprint density at radius 3 is 2.60 bits per heavy atom. The highest BCUT2D eigenvalue weighted by molar-refractivity contribution is 6.32. The summed E-state index contributed by atoms with van der Waals surface area (Å²) in [6, 6.07) is 10.1. The third kappa shape index (κ3) is 3.71. The van der Waals surface area contributed by atoms with Gasteiger partial charge in [-0.25, -0.2) is 4.39 Å². The Labute approximate surface area is 123 Å². The lowest BCUT2D eigenvalue weighted by Gasteiger charge is -2.13. The third-order valence-corrected chi connectivity index (χ3v) is 3.22. The Balaban J connectivity index is 2.27. The fourth-order valence-electron chi connectivity index (χ4n) is 1.93. The zero-order valence-electron chi connectivity index (χ0n) is 11.5. The van der Waals surface area contributed by atoms with Crippen LogP contribution in [0.1, 0.15) is 18.1 Å². The zero-order chi connectivity index (χ0) is 14.7. The van der Waals surface area contributed by atoms with E-state index in [0.717, 1.165) is 17.5 Å². The molecule has 1 unspecified atom stereocenters. The van der Waals surface area contributed by atoms with E-state index >= 15 is 0 Å². The fraction of sp³-hybridized carbons (Fsp3) is 0.250. The topological polar surface area (TPSA) is 35.2 Å². The summed E-state index contributed by atoms with van der Waals surface area (Å²) in [4.78, 5) is 0. The van der Waals surface area contributed by atoms with Crippen molar-refractivity contribution in [1.82, 2.24) is 0 Å². The predicted molar refractivity (Wildman–Crippen MR) is 80.0 cm³/mol. The van der Waals surface area contributed by atoms with E-state index in [4.69, 9.17) is 22.1 Å². The van der Waals surface area contributed by atoms with Gasteiger partial charge < -0.3 is 10.5 Å². The van der Waals surface area contributed by atoms with E-state index in [1.54, 1.807) is 0 Å². The van der Waals surface area contributed by atoms with Gasteiger partial charge in [0.1, 0.15) is 17.3 Å². The molecular weight excluding hydrogens is 277 g/mol. The van der Waals surface area contributed by atoms with Crippen molar-refractivity contribution in [2.45, 2.75) is 26.3 Å². The van der Waals surface area contributed by atoms with Crippen LogP contribution in [-0.2, 0) is 6.42 Å². The number of aryl methyl sites for hydroxylation is 1. The first-order valence-corrected chi connectivity index (χ1v) is 6.81. The first kappa shape index (κ1) is 14.8. The second-order valence-corrected chi connectivity index (χ2v) is 5.37. The molecule has 0 saturated heterocycles. The standard InChI is InChI=1S/C16H17ClFNO/c1-10-3-4-12(7-11(2)19)8-16(10)20-15-6-5-13(18)9-14(15)17/h3-6,8-9,11H,7,19H2,1-2H3. The van der Waals surface area contributed by atoms with Crippen molar-refractivity contribution in [3.63, 3.8) is 0 Å². The fourth-order valence-corrected chi connectivity index (χ4v) is 2.14. The van der Waals surface area contributed by atoms with E-state index in [2.05, 4.69) is 0 Å². The normalized spacial score (nSPS) is 12.2. The van der Waals surface area contributed by atoms with Gasteiger partial charge in [0.2, 0.25) is 0 Å². The molecular formula is C16H17ClFNO. The molecule has 0 bridgehead atoms. The molecule has 2 nitrogen and oxygen atoms in total. The van der Waals surface area contributed by atoms with Crippen molar-refractivity contribution >= 4 is 11.6 Å². The second kappa shape index (κ2) is 6.25.